The minimum absolute atomic E-state index is 0.151. The molecular formula is C23H30N4O2. The third-order valence-corrected chi connectivity index (χ3v) is 5.88. The first-order chi connectivity index (χ1) is 14.1. The molecule has 0 bridgehead atoms. The highest BCUT2D eigenvalue weighted by molar-refractivity contribution is 5.79. The topological polar surface area (TPSA) is 58.6 Å². The van der Waals surface area contributed by atoms with E-state index in [0.29, 0.717) is 25.5 Å². The summed E-state index contributed by atoms with van der Waals surface area (Å²) in [6.07, 6.45) is 5.53. The van der Waals surface area contributed by atoms with Gasteiger partial charge in [0, 0.05) is 43.7 Å². The maximum atomic E-state index is 12.8. The normalized spacial score (nSPS) is 19.7. The first-order valence-corrected chi connectivity index (χ1v) is 10.6. The van der Waals surface area contributed by atoms with Crippen LogP contribution in [0.2, 0.25) is 0 Å². The average Bonchev–Trinajstić information content (AvgIpc) is 2.74. The number of carbonyl (C=O) groups excluding carboxylic acids is 1. The number of hydrogen-bond acceptors (Lipinski definition) is 5. The molecule has 1 saturated heterocycles. The lowest BCUT2D eigenvalue weighted by molar-refractivity contribution is -0.131. The van der Waals surface area contributed by atoms with Crippen LogP contribution in [-0.4, -0.2) is 59.0 Å². The molecule has 2 aliphatic heterocycles. The van der Waals surface area contributed by atoms with Crippen molar-refractivity contribution in [2.24, 2.45) is 0 Å². The number of likely N-dealkylation sites (N-methyl/N-ethyl adjacent to an activating group) is 1. The summed E-state index contributed by atoms with van der Waals surface area (Å²) in [5.41, 5.74) is 3.22. The lowest BCUT2D eigenvalue weighted by atomic mass is 9.97. The van der Waals surface area contributed by atoms with Crippen molar-refractivity contribution < 1.29 is 9.53 Å². The lowest BCUT2D eigenvalue weighted by Crippen LogP contribution is -2.38. The van der Waals surface area contributed by atoms with Gasteiger partial charge in [-0.3, -0.25) is 4.79 Å². The summed E-state index contributed by atoms with van der Waals surface area (Å²) in [4.78, 5) is 26.6. The van der Waals surface area contributed by atoms with Crippen LogP contribution >= 0.6 is 0 Å². The van der Waals surface area contributed by atoms with Crippen molar-refractivity contribution in [1.29, 1.82) is 0 Å². The minimum atomic E-state index is 0.151. The first kappa shape index (κ1) is 19.8. The van der Waals surface area contributed by atoms with E-state index in [2.05, 4.69) is 16.9 Å². The van der Waals surface area contributed by atoms with E-state index in [9.17, 15) is 4.79 Å². The van der Waals surface area contributed by atoms with Gasteiger partial charge in [-0.05, 0) is 51.1 Å². The Hall–Kier alpha value is -2.47. The summed E-state index contributed by atoms with van der Waals surface area (Å²) in [5.74, 6) is 2.40. The summed E-state index contributed by atoms with van der Waals surface area (Å²) < 4.78 is 5.47. The number of rotatable bonds is 5. The molecule has 6 nitrogen and oxygen atoms in total. The fraction of sp³-hybridized carbons (Fsp3) is 0.522. The van der Waals surface area contributed by atoms with Gasteiger partial charge < -0.3 is 14.5 Å². The second kappa shape index (κ2) is 8.91. The molecule has 1 aromatic carbocycles. The monoisotopic (exact) mass is 394 g/mol. The molecule has 0 aliphatic carbocycles. The number of fused-ring (bicyclic) bond motifs is 1. The van der Waals surface area contributed by atoms with Gasteiger partial charge in [0.25, 0.3) is 0 Å². The molecule has 1 fully saturated rings. The standard InChI is InChI=1S/C23H30N4O2/c1-3-29-20-8-6-17(7-9-20)13-22(28)27-12-10-21-19(16-27)14-24-23(25-21)18-5-4-11-26(2)15-18/h6-9,14,18H,3-5,10-13,15-16H2,1-2H3/t18-/m0/s1. The van der Waals surface area contributed by atoms with Crippen molar-refractivity contribution in [1.82, 2.24) is 19.8 Å². The molecule has 6 heteroatoms. The van der Waals surface area contributed by atoms with Gasteiger partial charge >= 0.3 is 0 Å². The molecule has 0 saturated carbocycles. The van der Waals surface area contributed by atoms with Crippen LogP contribution in [0.1, 0.15) is 48.3 Å². The molecule has 1 aromatic heterocycles. The van der Waals surface area contributed by atoms with E-state index in [-0.39, 0.29) is 5.91 Å². The Morgan fingerprint density at radius 1 is 1.24 bits per heavy atom. The van der Waals surface area contributed by atoms with Crippen molar-refractivity contribution in [2.45, 2.75) is 45.1 Å². The van der Waals surface area contributed by atoms with Gasteiger partial charge in [0.2, 0.25) is 5.91 Å². The van der Waals surface area contributed by atoms with E-state index in [1.807, 2.05) is 42.3 Å². The minimum Gasteiger partial charge on any atom is -0.494 e. The highest BCUT2D eigenvalue weighted by Crippen LogP contribution is 2.26. The fourth-order valence-corrected chi connectivity index (χ4v) is 4.27. The lowest BCUT2D eigenvalue weighted by Gasteiger charge is -2.31. The van der Waals surface area contributed by atoms with Crippen LogP contribution in [0.4, 0.5) is 0 Å². The quantitative estimate of drug-likeness (QED) is 0.781. The molecule has 0 spiro atoms. The Kier molecular flexibility index (Phi) is 6.09. The van der Waals surface area contributed by atoms with Crippen molar-refractivity contribution in [3.8, 4) is 5.75 Å². The van der Waals surface area contributed by atoms with Gasteiger partial charge in [-0.1, -0.05) is 12.1 Å². The maximum Gasteiger partial charge on any atom is 0.227 e. The highest BCUT2D eigenvalue weighted by atomic mass is 16.5. The van der Waals surface area contributed by atoms with Crippen LogP contribution < -0.4 is 4.74 Å². The number of benzene rings is 1. The van der Waals surface area contributed by atoms with Crippen LogP contribution in [0.25, 0.3) is 0 Å². The van der Waals surface area contributed by atoms with Gasteiger partial charge in [0.1, 0.15) is 11.6 Å². The zero-order chi connectivity index (χ0) is 20.2. The molecular weight excluding hydrogens is 364 g/mol. The number of carbonyl (C=O) groups is 1. The van der Waals surface area contributed by atoms with Crippen molar-refractivity contribution in [2.75, 3.05) is 33.3 Å². The Morgan fingerprint density at radius 2 is 2.07 bits per heavy atom. The molecule has 2 aliphatic rings. The summed E-state index contributed by atoms with van der Waals surface area (Å²) in [6.45, 7) is 6.14. The van der Waals surface area contributed by atoms with E-state index >= 15 is 0 Å². The van der Waals surface area contributed by atoms with Crippen LogP contribution in [0.15, 0.2) is 30.5 Å². The fourth-order valence-electron chi connectivity index (χ4n) is 4.27. The van der Waals surface area contributed by atoms with Crippen LogP contribution in [-0.2, 0) is 24.2 Å². The Labute approximate surface area is 172 Å². The van der Waals surface area contributed by atoms with Crippen LogP contribution in [0.3, 0.4) is 0 Å². The number of hydrogen-bond donors (Lipinski definition) is 0. The van der Waals surface area contributed by atoms with E-state index in [0.717, 1.165) is 60.9 Å². The van der Waals surface area contributed by atoms with Crippen LogP contribution in [0, 0.1) is 0 Å². The van der Waals surface area contributed by atoms with Crippen molar-refractivity contribution in [3.63, 3.8) is 0 Å². The van der Waals surface area contributed by atoms with Gasteiger partial charge in [0.15, 0.2) is 0 Å². The third-order valence-electron chi connectivity index (χ3n) is 5.88. The molecule has 154 valence electrons. The van der Waals surface area contributed by atoms with Crippen LogP contribution in [0.5, 0.6) is 5.75 Å². The van der Waals surface area contributed by atoms with Crippen molar-refractivity contribution >= 4 is 5.91 Å². The first-order valence-electron chi connectivity index (χ1n) is 10.6. The highest BCUT2D eigenvalue weighted by Gasteiger charge is 2.25. The molecule has 0 N–H and O–H groups in total. The summed E-state index contributed by atoms with van der Waals surface area (Å²) >= 11 is 0. The smallest absolute Gasteiger partial charge is 0.227 e. The molecule has 4 rings (SSSR count). The number of nitrogens with zero attached hydrogens (tertiary/aromatic N) is 4. The van der Waals surface area contributed by atoms with E-state index in [1.54, 1.807) is 0 Å². The zero-order valence-corrected chi connectivity index (χ0v) is 17.4. The SMILES string of the molecule is CCOc1ccc(CC(=O)N2CCc3nc([C@H]4CCCN(C)C4)ncc3C2)cc1. The van der Waals surface area contributed by atoms with Gasteiger partial charge in [0.05, 0.1) is 18.7 Å². The number of amides is 1. The Balaban J connectivity index is 1.38. The van der Waals surface area contributed by atoms with Gasteiger partial charge in [-0.15, -0.1) is 0 Å². The van der Waals surface area contributed by atoms with Crippen molar-refractivity contribution in [3.05, 3.63) is 53.1 Å². The second-order valence-corrected chi connectivity index (χ2v) is 8.12. The van der Waals surface area contributed by atoms with E-state index in [4.69, 9.17) is 9.72 Å². The largest absolute Gasteiger partial charge is 0.494 e. The number of piperidine rings is 1. The zero-order valence-electron chi connectivity index (χ0n) is 17.4. The average molecular weight is 395 g/mol. The number of likely N-dealkylation sites (tertiary alicyclic amines) is 1. The maximum absolute atomic E-state index is 12.8. The second-order valence-electron chi connectivity index (χ2n) is 8.12. The Bertz CT molecular complexity index is 852. The molecule has 0 radical (unpaired) electrons. The summed E-state index contributed by atoms with van der Waals surface area (Å²) in [6, 6.07) is 7.79. The molecule has 3 heterocycles. The summed E-state index contributed by atoms with van der Waals surface area (Å²) in [7, 11) is 2.17. The third kappa shape index (κ3) is 4.75. The molecule has 1 atom stereocenters. The predicted molar refractivity (Wildman–Crippen MR) is 112 cm³/mol. The molecule has 1 amide bonds. The number of ether oxygens (including phenoxy) is 1. The molecule has 29 heavy (non-hydrogen) atoms. The van der Waals surface area contributed by atoms with E-state index < -0.39 is 0 Å². The number of aromatic nitrogens is 2. The van der Waals surface area contributed by atoms with E-state index in [1.165, 1.54) is 6.42 Å². The van der Waals surface area contributed by atoms with Gasteiger partial charge in [-0.2, -0.15) is 0 Å². The summed E-state index contributed by atoms with van der Waals surface area (Å²) in [5, 5.41) is 0. The predicted octanol–water partition coefficient (Wildman–Crippen LogP) is 2.81. The molecule has 2 aromatic rings. The Morgan fingerprint density at radius 3 is 2.83 bits per heavy atom. The van der Waals surface area contributed by atoms with Gasteiger partial charge in [-0.25, -0.2) is 9.97 Å². The molecule has 0 unspecified atom stereocenters.